The molecular formula is C8H7ClN2O2S2. The van der Waals surface area contributed by atoms with Crippen molar-refractivity contribution in [3.8, 4) is 0 Å². The molecule has 0 radical (unpaired) electrons. The first-order valence-electron chi connectivity index (χ1n) is 3.98. The van der Waals surface area contributed by atoms with Crippen molar-refractivity contribution < 1.29 is 8.42 Å². The molecule has 0 unspecified atom stereocenters. The van der Waals surface area contributed by atoms with Crippen LogP contribution in [0.4, 0.5) is 0 Å². The lowest BCUT2D eigenvalue weighted by atomic mass is 10.2. The van der Waals surface area contributed by atoms with Crippen molar-refractivity contribution in [3.63, 3.8) is 0 Å². The molecule has 1 aromatic rings. The monoisotopic (exact) mass is 262 g/mol. The molecule has 1 aromatic carbocycles. The second-order valence-corrected chi connectivity index (χ2v) is 6.10. The second-order valence-electron chi connectivity index (χ2n) is 3.06. The number of fused-ring (bicyclic) bond motifs is 1. The summed E-state index contributed by atoms with van der Waals surface area (Å²) in [6.07, 6.45) is 0. The molecule has 2 N–H and O–H groups in total. The molecule has 2 rings (SSSR count). The van der Waals surface area contributed by atoms with Gasteiger partial charge in [0.2, 0.25) is 0 Å². The molecular weight excluding hydrogens is 256 g/mol. The van der Waals surface area contributed by atoms with Crippen LogP contribution in [0.15, 0.2) is 26.3 Å². The van der Waals surface area contributed by atoms with Gasteiger partial charge in [0.1, 0.15) is 4.90 Å². The molecule has 0 atom stereocenters. The summed E-state index contributed by atoms with van der Waals surface area (Å²) in [5, 5.41) is 0.507. The Hall–Kier alpha value is -0.720. The van der Waals surface area contributed by atoms with Crippen molar-refractivity contribution in [3.05, 3.63) is 22.7 Å². The molecule has 0 bridgehead atoms. The van der Waals surface area contributed by atoms with E-state index in [2.05, 4.69) is 4.40 Å². The van der Waals surface area contributed by atoms with Crippen LogP contribution < -0.4 is 5.73 Å². The van der Waals surface area contributed by atoms with E-state index in [0.717, 1.165) is 11.8 Å². The zero-order valence-corrected chi connectivity index (χ0v) is 10.1. The zero-order chi connectivity index (χ0) is 11.2. The first kappa shape index (κ1) is 10.8. The van der Waals surface area contributed by atoms with Gasteiger partial charge in [0.25, 0.3) is 10.0 Å². The Morgan fingerprint density at radius 1 is 1.47 bits per heavy atom. The number of sulfonamides is 1. The summed E-state index contributed by atoms with van der Waals surface area (Å²) >= 11 is 6.94. The van der Waals surface area contributed by atoms with Crippen molar-refractivity contribution in [2.45, 2.75) is 16.7 Å². The molecule has 0 amide bonds. The van der Waals surface area contributed by atoms with E-state index in [4.69, 9.17) is 17.3 Å². The van der Waals surface area contributed by atoms with Crippen molar-refractivity contribution >= 4 is 38.6 Å². The Morgan fingerprint density at radius 2 is 2.13 bits per heavy atom. The minimum atomic E-state index is -3.66. The van der Waals surface area contributed by atoms with E-state index in [9.17, 15) is 8.42 Å². The van der Waals surface area contributed by atoms with Gasteiger partial charge < -0.3 is 5.73 Å². The summed E-state index contributed by atoms with van der Waals surface area (Å²) in [6, 6.07) is 3.17. The Morgan fingerprint density at radius 3 is 2.80 bits per heavy atom. The maximum Gasteiger partial charge on any atom is 0.286 e. The first-order chi connectivity index (χ1) is 6.90. The fraction of sp³-hybridized carbons (Fsp3) is 0.125. The van der Waals surface area contributed by atoms with Crippen LogP contribution >= 0.6 is 23.4 Å². The fourth-order valence-electron chi connectivity index (χ4n) is 1.40. The average molecular weight is 263 g/mol. The molecule has 0 fully saturated rings. The van der Waals surface area contributed by atoms with Crippen LogP contribution in [-0.2, 0) is 10.0 Å². The molecule has 4 nitrogen and oxygen atoms in total. The number of halogens is 1. The van der Waals surface area contributed by atoms with E-state index < -0.39 is 10.0 Å². The number of nitrogens with two attached hydrogens (primary N) is 1. The van der Waals surface area contributed by atoms with Crippen LogP contribution in [0.3, 0.4) is 0 Å². The van der Waals surface area contributed by atoms with Crippen LogP contribution in [0.5, 0.6) is 0 Å². The smallest absolute Gasteiger partial charge is 0.286 e. The van der Waals surface area contributed by atoms with Crippen LogP contribution in [-0.4, -0.2) is 13.6 Å². The van der Waals surface area contributed by atoms with Gasteiger partial charge in [-0.1, -0.05) is 23.4 Å². The highest BCUT2D eigenvalue weighted by atomic mass is 35.5. The van der Waals surface area contributed by atoms with Gasteiger partial charge in [-0.05, 0) is 24.6 Å². The predicted octanol–water partition coefficient (Wildman–Crippen LogP) is 1.76. The Kier molecular flexibility index (Phi) is 2.44. The summed E-state index contributed by atoms with van der Waals surface area (Å²) in [6.45, 7) is 1.68. The molecule has 0 spiro atoms. The van der Waals surface area contributed by atoms with E-state index in [1.807, 2.05) is 0 Å². The highest BCUT2D eigenvalue weighted by Gasteiger charge is 2.27. The number of aryl methyl sites for hydroxylation is 1. The molecule has 1 aliphatic rings. The molecule has 0 aromatic heterocycles. The molecule has 0 aliphatic carbocycles. The normalized spacial score (nSPS) is 18.1. The number of hydrogen-bond donors (Lipinski definition) is 1. The van der Waals surface area contributed by atoms with Crippen LogP contribution in [0, 0.1) is 6.92 Å². The van der Waals surface area contributed by atoms with Crippen LogP contribution in [0.1, 0.15) is 5.56 Å². The number of benzene rings is 1. The maximum absolute atomic E-state index is 11.7. The molecule has 1 heterocycles. The quantitative estimate of drug-likeness (QED) is 0.773. The first-order valence-corrected chi connectivity index (χ1v) is 6.62. The minimum Gasteiger partial charge on any atom is -0.377 e. The van der Waals surface area contributed by atoms with Crippen molar-refractivity contribution in [1.82, 2.24) is 0 Å². The lowest BCUT2D eigenvalue weighted by Crippen LogP contribution is -2.16. The zero-order valence-electron chi connectivity index (χ0n) is 7.69. The fourth-order valence-corrected chi connectivity index (χ4v) is 4.39. The van der Waals surface area contributed by atoms with Gasteiger partial charge in [-0.25, -0.2) is 0 Å². The van der Waals surface area contributed by atoms with Gasteiger partial charge in [-0.15, -0.1) is 4.40 Å². The molecule has 15 heavy (non-hydrogen) atoms. The molecule has 0 saturated carbocycles. The van der Waals surface area contributed by atoms with Crippen molar-refractivity contribution in [2.24, 2.45) is 10.1 Å². The predicted molar refractivity (Wildman–Crippen MR) is 60.9 cm³/mol. The number of thioether (sulfide) groups is 1. The molecule has 1 aliphatic heterocycles. The van der Waals surface area contributed by atoms with E-state index in [-0.39, 0.29) is 10.1 Å². The van der Waals surface area contributed by atoms with Crippen LogP contribution in [0.25, 0.3) is 0 Å². The van der Waals surface area contributed by atoms with Crippen molar-refractivity contribution in [1.29, 1.82) is 0 Å². The summed E-state index contributed by atoms with van der Waals surface area (Å²) in [5.74, 6) is 0. The summed E-state index contributed by atoms with van der Waals surface area (Å²) in [5.41, 5.74) is 6.00. The van der Waals surface area contributed by atoms with Gasteiger partial charge >= 0.3 is 0 Å². The number of nitrogens with zero attached hydrogens (tertiary/aromatic N) is 1. The third-order valence-electron chi connectivity index (χ3n) is 1.89. The standard InChI is InChI=1S/C8H7ClN2O2S2/c1-4-2-5(9)3-6-7(4)15(12,13)11-8(10)14-6/h2-3H,1H3,(H2,10,11). The van der Waals surface area contributed by atoms with Crippen LogP contribution in [0.2, 0.25) is 5.02 Å². The lowest BCUT2D eigenvalue weighted by molar-refractivity contribution is 0.595. The Bertz CT molecular complexity index is 566. The SMILES string of the molecule is Cc1cc(Cl)cc2c1S(=O)(=O)N=C(N)S2. The minimum absolute atomic E-state index is 0.0177. The van der Waals surface area contributed by atoms with Crippen molar-refractivity contribution in [2.75, 3.05) is 0 Å². The van der Waals surface area contributed by atoms with Gasteiger partial charge in [0, 0.05) is 9.92 Å². The topological polar surface area (TPSA) is 72.5 Å². The summed E-state index contributed by atoms with van der Waals surface area (Å²) < 4.78 is 26.8. The Balaban J connectivity index is 2.80. The third-order valence-corrected chi connectivity index (χ3v) is 4.69. The highest BCUT2D eigenvalue weighted by molar-refractivity contribution is 8.15. The average Bonchev–Trinajstić information content (AvgIpc) is 1.97. The van der Waals surface area contributed by atoms with Gasteiger partial charge in [-0.3, -0.25) is 0 Å². The van der Waals surface area contributed by atoms with Gasteiger partial charge in [0.05, 0.1) is 0 Å². The summed E-state index contributed by atoms with van der Waals surface area (Å²) in [4.78, 5) is 0.735. The van der Waals surface area contributed by atoms with E-state index in [0.29, 0.717) is 15.5 Å². The van der Waals surface area contributed by atoms with E-state index >= 15 is 0 Å². The lowest BCUT2D eigenvalue weighted by Gasteiger charge is -2.15. The third kappa shape index (κ3) is 1.84. The molecule has 80 valence electrons. The molecule has 0 saturated heterocycles. The maximum atomic E-state index is 11.7. The van der Waals surface area contributed by atoms with E-state index in [1.165, 1.54) is 0 Å². The largest absolute Gasteiger partial charge is 0.377 e. The summed E-state index contributed by atoms with van der Waals surface area (Å²) in [7, 11) is -3.66. The highest BCUT2D eigenvalue weighted by Crippen LogP contribution is 2.36. The van der Waals surface area contributed by atoms with E-state index in [1.54, 1.807) is 19.1 Å². The second kappa shape index (κ2) is 3.40. The van der Waals surface area contributed by atoms with Gasteiger partial charge in [-0.2, -0.15) is 8.42 Å². The molecule has 7 heteroatoms. The number of hydrogen-bond acceptors (Lipinski definition) is 4. The van der Waals surface area contributed by atoms with Gasteiger partial charge in [0.15, 0.2) is 5.17 Å². The number of rotatable bonds is 0. The Labute approximate surface area is 96.6 Å². The number of amidine groups is 1.